The van der Waals surface area contributed by atoms with Gasteiger partial charge in [-0.15, -0.1) is 0 Å². The zero-order valence-corrected chi connectivity index (χ0v) is 11.5. The van der Waals surface area contributed by atoms with Crippen molar-refractivity contribution >= 4 is 23.0 Å². The van der Waals surface area contributed by atoms with E-state index in [4.69, 9.17) is 22.7 Å². The minimum atomic E-state index is 0.399. The number of aromatic nitrogens is 1. The van der Waals surface area contributed by atoms with E-state index in [9.17, 15) is 0 Å². The molecule has 1 aromatic rings. The first-order valence-electron chi connectivity index (χ1n) is 6.27. The minimum absolute atomic E-state index is 0.399. The molecule has 18 heavy (non-hydrogen) atoms. The SMILES string of the molecule is COCCNc1nc2c(cc1C(N)=S)CCCC2. The molecule has 0 amide bonds. The van der Waals surface area contributed by atoms with E-state index >= 15 is 0 Å². The van der Waals surface area contributed by atoms with Crippen LogP contribution in [0.4, 0.5) is 5.82 Å². The van der Waals surface area contributed by atoms with Gasteiger partial charge in [-0.25, -0.2) is 4.98 Å². The highest BCUT2D eigenvalue weighted by molar-refractivity contribution is 7.80. The predicted octanol–water partition coefficient (Wildman–Crippen LogP) is 1.65. The topological polar surface area (TPSA) is 60.2 Å². The van der Waals surface area contributed by atoms with Crippen LogP contribution in [-0.2, 0) is 17.6 Å². The fourth-order valence-electron chi connectivity index (χ4n) is 2.23. The number of anilines is 1. The molecular formula is C13H19N3OS. The van der Waals surface area contributed by atoms with E-state index in [-0.39, 0.29) is 0 Å². The summed E-state index contributed by atoms with van der Waals surface area (Å²) in [7, 11) is 1.68. The molecule has 0 bridgehead atoms. The van der Waals surface area contributed by atoms with Crippen molar-refractivity contribution in [2.24, 2.45) is 5.73 Å². The number of hydrogen-bond acceptors (Lipinski definition) is 4. The summed E-state index contributed by atoms with van der Waals surface area (Å²) in [6, 6.07) is 2.10. The quantitative estimate of drug-likeness (QED) is 0.626. The first kappa shape index (κ1) is 13.2. The number of nitrogens with one attached hydrogen (secondary N) is 1. The van der Waals surface area contributed by atoms with Gasteiger partial charge in [-0.05, 0) is 37.3 Å². The van der Waals surface area contributed by atoms with Crippen molar-refractivity contribution in [2.75, 3.05) is 25.6 Å². The standard InChI is InChI=1S/C13H19N3OS/c1-17-7-6-15-13-10(12(14)18)8-9-4-2-3-5-11(9)16-13/h8H,2-7H2,1H3,(H2,14,18)(H,15,16). The molecule has 0 radical (unpaired) electrons. The fourth-order valence-corrected chi connectivity index (χ4v) is 2.38. The second-order valence-electron chi connectivity index (χ2n) is 4.48. The molecule has 0 fully saturated rings. The molecule has 0 aromatic carbocycles. The van der Waals surface area contributed by atoms with Crippen LogP contribution in [0.3, 0.4) is 0 Å². The van der Waals surface area contributed by atoms with Crippen LogP contribution in [0.5, 0.6) is 0 Å². The smallest absolute Gasteiger partial charge is 0.136 e. The number of ether oxygens (including phenoxy) is 1. The van der Waals surface area contributed by atoms with E-state index < -0.39 is 0 Å². The summed E-state index contributed by atoms with van der Waals surface area (Å²) in [6.07, 6.45) is 4.56. The number of aryl methyl sites for hydroxylation is 2. The van der Waals surface area contributed by atoms with Gasteiger partial charge in [0.05, 0.1) is 12.2 Å². The van der Waals surface area contributed by atoms with Crippen LogP contribution < -0.4 is 11.1 Å². The van der Waals surface area contributed by atoms with Gasteiger partial charge in [-0.3, -0.25) is 0 Å². The van der Waals surface area contributed by atoms with Crippen molar-refractivity contribution in [3.63, 3.8) is 0 Å². The van der Waals surface area contributed by atoms with Gasteiger partial charge in [0.1, 0.15) is 10.8 Å². The molecule has 5 heteroatoms. The largest absolute Gasteiger partial charge is 0.389 e. The van der Waals surface area contributed by atoms with Gasteiger partial charge >= 0.3 is 0 Å². The van der Waals surface area contributed by atoms with E-state index in [0.29, 0.717) is 18.1 Å². The Morgan fingerprint density at radius 3 is 3.00 bits per heavy atom. The van der Waals surface area contributed by atoms with Gasteiger partial charge in [0.25, 0.3) is 0 Å². The van der Waals surface area contributed by atoms with Crippen LogP contribution in [0.1, 0.15) is 29.7 Å². The molecule has 0 spiro atoms. The first-order chi connectivity index (χ1) is 8.72. The van der Waals surface area contributed by atoms with Crippen molar-refractivity contribution in [2.45, 2.75) is 25.7 Å². The summed E-state index contributed by atoms with van der Waals surface area (Å²) in [6.45, 7) is 1.34. The van der Waals surface area contributed by atoms with E-state index in [2.05, 4.69) is 16.4 Å². The van der Waals surface area contributed by atoms with Crippen LogP contribution in [0.25, 0.3) is 0 Å². The number of methoxy groups -OCH3 is 1. The molecule has 0 saturated carbocycles. The van der Waals surface area contributed by atoms with Crippen molar-refractivity contribution < 1.29 is 4.74 Å². The lowest BCUT2D eigenvalue weighted by molar-refractivity contribution is 0.210. The molecule has 0 unspecified atom stereocenters. The number of rotatable bonds is 5. The lowest BCUT2D eigenvalue weighted by Gasteiger charge is -2.19. The van der Waals surface area contributed by atoms with Crippen LogP contribution in [0.15, 0.2) is 6.07 Å². The fraction of sp³-hybridized carbons (Fsp3) is 0.538. The van der Waals surface area contributed by atoms with Gasteiger partial charge in [-0.1, -0.05) is 12.2 Å². The molecule has 0 atom stereocenters. The van der Waals surface area contributed by atoms with E-state index in [1.807, 2.05) is 0 Å². The second-order valence-corrected chi connectivity index (χ2v) is 4.92. The molecule has 2 rings (SSSR count). The maximum Gasteiger partial charge on any atom is 0.136 e. The van der Waals surface area contributed by atoms with E-state index in [0.717, 1.165) is 24.2 Å². The van der Waals surface area contributed by atoms with Gasteiger partial charge in [-0.2, -0.15) is 0 Å². The Morgan fingerprint density at radius 1 is 1.50 bits per heavy atom. The molecule has 4 nitrogen and oxygen atoms in total. The number of fused-ring (bicyclic) bond motifs is 1. The zero-order chi connectivity index (χ0) is 13.0. The number of nitrogens with two attached hydrogens (primary N) is 1. The summed E-state index contributed by atoms with van der Waals surface area (Å²) in [5.41, 5.74) is 9.10. The average molecular weight is 265 g/mol. The summed E-state index contributed by atoms with van der Waals surface area (Å²) < 4.78 is 5.02. The summed E-state index contributed by atoms with van der Waals surface area (Å²) in [5, 5.41) is 3.24. The maximum absolute atomic E-state index is 5.77. The Labute approximate surface area is 113 Å². The third-order valence-corrected chi connectivity index (χ3v) is 3.38. The molecule has 1 aliphatic carbocycles. The van der Waals surface area contributed by atoms with Crippen molar-refractivity contribution in [1.82, 2.24) is 4.98 Å². The predicted molar refractivity (Wildman–Crippen MR) is 77.1 cm³/mol. The summed E-state index contributed by atoms with van der Waals surface area (Å²) in [4.78, 5) is 5.07. The molecule has 3 N–H and O–H groups in total. The monoisotopic (exact) mass is 265 g/mol. The zero-order valence-electron chi connectivity index (χ0n) is 10.7. The van der Waals surface area contributed by atoms with Crippen LogP contribution in [0, 0.1) is 0 Å². The third kappa shape index (κ3) is 2.97. The lowest BCUT2D eigenvalue weighted by Crippen LogP contribution is -2.19. The van der Waals surface area contributed by atoms with Crippen molar-refractivity contribution in [1.29, 1.82) is 0 Å². The summed E-state index contributed by atoms with van der Waals surface area (Å²) >= 11 is 5.10. The Bertz CT molecular complexity index is 448. The van der Waals surface area contributed by atoms with Gasteiger partial charge in [0.2, 0.25) is 0 Å². The van der Waals surface area contributed by atoms with Gasteiger partial charge in [0, 0.05) is 19.3 Å². The Morgan fingerprint density at radius 2 is 2.28 bits per heavy atom. The maximum atomic E-state index is 5.77. The molecule has 1 aromatic heterocycles. The van der Waals surface area contributed by atoms with Gasteiger partial charge < -0.3 is 15.8 Å². The highest BCUT2D eigenvalue weighted by Gasteiger charge is 2.16. The Balaban J connectivity index is 2.27. The Kier molecular flexibility index (Phi) is 4.49. The average Bonchev–Trinajstić information content (AvgIpc) is 2.38. The molecule has 0 saturated heterocycles. The minimum Gasteiger partial charge on any atom is -0.389 e. The molecule has 0 aliphatic heterocycles. The molecule has 98 valence electrons. The lowest BCUT2D eigenvalue weighted by atomic mass is 9.94. The normalized spacial score (nSPS) is 14.1. The number of thiocarbonyl (C=S) groups is 1. The van der Waals surface area contributed by atoms with Gasteiger partial charge in [0.15, 0.2) is 0 Å². The molecular weight excluding hydrogens is 246 g/mol. The molecule has 1 aliphatic rings. The number of nitrogens with zero attached hydrogens (tertiary/aromatic N) is 1. The van der Waals surface area contributed by atoms with Crippen molar-refractivity contribution in [3.05, 3.63) is 22.9 Å². The number of hydrogen-bond donors (Lipinski definition) is 2. The van der Waals surface area contributed by atoms with Crippen LogP contribution >= 0.6 is 12.2 Å². The first-order valence-corrected chi connectivity index (χ1v) is 6.68. The van der Waals surface area contributed by atoms with E-state index in [1.165, 1.54) is 24.1 Å². The second kappa shape index (κ2) is 6.11. The molecule has 1 heterocycles. The third-order valence-electron chi connectivity index (χ3n) is 3.16. The highest BCUT2D eigenvalue weighted by Crippen LogP contribution is 2.24. The highest BCUT2D eigenvalue weighted by atomic mass is 32.1. The van der Waals surface area contributed by atoms with Crippen molar-refractivity contribution in [3.8, 4) is 0 Å². The van der Waals surface area contributed by atoms with E-state index in [1.54, 1.807) is 7.11 Å². The van der Waals surface area contributed by atoms with Crippen LogP contribution in [-0.4, -0.2) is 30.2 Å². The van der Waals surface area contributed by atoms with Crippen LogP contribution in [0.2, 0.25) is 0 Å². The summed E-state index contributed by atoms with van der Waals surface area (Å²) in [5.74, 6) is 0.792. The number of pyridine rings is 1. The Hall–Kier alpha value is -1.20.